The third-order valence-electron chi connectivity index (χ3n) is 3.19. The van der Waals surface area contributed by atoms with E-state index < -0.39 is 9.84 Å². The molecule has 4 heteroatoms. The summed E-state index contributed by atoms with van der Waals surface area (Å²) in [5.74, 6) is 1.78. The van der Waals surface area contributed by atoms with Crippen LogP contribution in [0.15, 0.2) is 0 Å². The van der Waals surface area contributed by atoms with Crippen molar-refractivity contribution in [2.75, 3.05) is 11.5 Å². The lowest BCUT2D eigenvalue weighted by Gasteiger charge is -2.29. The predicted octanol–water partition coefficient (Wildman–Crippen LogP) is 1.04. The van der Waals surface area contributed by atoms with E-state index in [0.29, 0.717) is 23.3 Å². The van der Waals surface area contributed by atoms with Crippen molar-refractivity contribution in [3.63, 3.8) is 0 Å². The van der Waals surface area contributed by atoms with Gasteiger partial charge in [-0.2, -0.15) is 0 Å². The van der Waals surface area contributed by atoms with E-state index in [0.717, 1.165) is 6.42 Å². The second-order valence-corrected chi connectivity index (χ2v) is 7.07. The maximum absolute atomic E-state index is 11.3. The molecule has 1 aliphatic rings. The lowest BCUT2D eigenvalue weighted by atomic mass is 9.79. The van der Waals surface area contributed by atoms with Gasteiger partial charge in [-0.15, -0.1) is 0 Å². The van der Waals surface area contributed by atoms with Gasteiger partial charge in [0.25, 0.3) is 0 Å². The van der Waals surface area contributed by atoms with E-state index in [4.69, 9.17) is 5.73 Å². The Kier molecular flexibility index (Phi) is 3.58. The number of nitrogens with two attached hydrogens (primary N) is 1. The summed E-state index contributed by atoms with van der Waals surface area (Å²) in [5, 5.41) is 0. The lowest BCUT2D eigenvalue weighted by Crippen LogP contribution is -2.36. The zero-order chi connectivity index (χ0) is 10.9. The van der Waals surface area contributed by atoms with Crippen molar-refractivity contribution in [2.24, 2.45) is 23.5 Å². The highest BCUT2D eigenvalue weighted by atomic mass is 32.2. The predicted molar refractivity (Wildman–Crippen MR) is 58.7 cm³/mol. The molecule has 0 radical (unpaired) electrons. The Bertz CT molecular complexity index is 274. The molecule has 1 aliphatic heterocycles. The molecule has 14 heavy (non-hydrogen) atoms. The molecule has 0 aromatic rings. The van der Waals surface area contributed by atoms with E-state index >= 15 is 0 Å². The maximum Gasteiger partial charge on any atom is 0.150 e. The van der Waals surface area contributed by atoms with Crippen LogP contribution in [0.2, 0.25) is 0 Å². The Morgan fingerprint density at radius 1 is 1.29 bits per heavy atom. The molecule has 3 nitrogen and oxygen atoms in total. The summed E-state index contributed by atoms with van der Waals surface area (Å²) in [6.45, 7) is 6.23. The van der Waals surface area contributed by atoms with Crippen molar-refractivity contribution >= 4 is 9.84 Å². The quantitative estimate of drug-likeness (QED) is 0.771. The average Bonchev–Trinajstić information content (AvgIpc) is 2.28. The van der Waals surface area contributed by atoms with Crippen molar-refractivity contribution in [3.8, 4) is 0 Å². The molecule has 0 aliphatic carbocycles. The minimum atomic E-state index is -2.76. The van der Waals surface area contributed by atoms with Crippen LogP contribution in [0.3, 0.4) is 0 Å². The van der Waals surface area contributed by atoms with Gasteiger partial charge < -0.3 is 5.73 Å². The van der Waals surface area contributed by atoms with Gasteiger partial charge in [0.05, 0.1) is 11.5 Å². The smallest absolute Gasteiger partial charge is 0.150 e. The van der Waals surface area contributed by atoms with E-state index in [1.165, 1.54) is 0 Å². The fourth-order valence-corrected chi connectivity index (χ4v) is 4.58. The molecule has 0 aromatic heterocycles. The third-order valence-corrected chi connectivity index (χ3v) is 4.98. The fourth-order valence-electron chi connectivity index (χ4n) is 2.71. The topological polar surface area (TPSA) is 60.2 Å². The van der Waals surface area contributed by atoms with E-state index in [-0.39, 0.29) is 12.0 Å². The maximum atomic E-state index is 11.3. The van der Waals surface area contributed by atoms with Gasteiger partial charge in [0.2, 0.25) is 0 Å². The molecule has 1 rings (SSSR count). The minimum Gasteiger partial charge on any atom is -0.328 e. The van der Waals surface area contributed by atoms with Gasteiger partial charge in [-0.3, -0.25) is 0 Å². The minimum absolute atomic E-state index is 0.0910. The summed E-state index contributed by atoms with van der Waals surface area (Å²) in [6, 6.07) is 0.0910. The molecule has 1 fully saturated rings. The van der Waals surface area contributed by atoms with E-state index in [2.05, 4.69) is 13.8 Å². The van der Waals surface area contributed by atoms with E-state index in [1.54, 1.807) is 0 Å². The zero-order valence-electron chi connectivity index (χ0n) is 9.23. The number of hydrogen-bond acceptors (Lipinski definition) is 3. The van der Waals surface area contributed by atoms with E-state index in [9.17, 15) is 8.42 Å². The first-order valence-corrected chi connectivity index (χ1v) is 7.11. The van der Waals surface area contributed by atoms with Gasteiger partial charge in [-0.05, 0) is 31.1 Å². The zero-order valence-corrected chi connectivity index (χ0v) is 10.0. The summed E-state index contributed by atoms with van der Waals surface area (Å²) in [5.41, 5.74) is 5.91. The van der Waals surface area contributed by atoms with Crippen LogP contribution in [0.25, 0.3) is 0 Å². The third kappa shape index (κ3) is 2.70. The Morgan fingerprint density at radius 3 is 2.14 bits per heavy atom. The largest absolute Gasteiger partial charge is 0.328 e. The van der Waals surface area contributed by atoms with E-state index in [1.807, 2.05) is 6.92 Å². The van der Waals surface area contributed by atoms with Gasteiger partial charge in [-0.25, -0.2) is 8.42 Å². The second-order valence-electron chi connectivity index (χ2n) is 4.84. The molecular formula is C10H21NO2S. The van der Waals surface area contributed by atoms with Crippen LogP contribution < -0.4 is 5.73 Å². The summed E-state index contributed by atoms with van der Waals surface area (Å²) >= 11 is 0. The normalized spacial score (nSPS) is 30.5. The number of sulfone groups is 1. The van der Waals surface area contributed by atoms with Crippen LogP contribution >= 0.6 is 0 Å². The molecule has 0 amide bonds. The van der Waals surface area contributed by atoms with Gasteiger partial charge >= 0.3 is 0 Å². The summed E-state index contributed by atoms with van der Waals surface area (Å²) in [4.78, 5) is 0. The first-order valence-electron chi connectivity index (χ1n) is 5.29. The summed E-state index contributed by atoms with van der Waals surface area (Å²) in [6.07, 6.45) is 0.798. The highest BCUT2D eigenvalue weighted by molar-refractivity contribution is 7.91. The average molecular weight is 219 g/mol. The molecule has 3 unspecified atom stereocenters. The molecule has 3 atom stereocenters. The number of rotatable bonds is 3. The molecule has 0 saturated carbocycles. The van der Waals surface area contributed by atoms with Crippen molar-refractivity contribution in [3.05, 3.63) is 0 Å². The molecule has 84 valence electrons. The van der Waals surface area contributed by atoms with Gasteiger partial charge in [-0.1, -0.05) is 13.8 Å². The van der Waals surface area contributed by atoms with Crippen LogP contribution in [-0.4, -0.2) is 26.0 Å². The van der Waals surface area contributed by atoms with Crippen LogP contribution in [-0.2, 0) is 9.84 Å². The summed E-state index contributed by atoms with van der Waals surface area (Å²) in [7, 11) is -2.76. The molecule has 0 aromatic carbocycles. The van der Waals surface area contributed by atoms with Crippen LogP contribution in [0.4, 0.5) is 0 Å². The fraction of sp³-hybridized carbons (Fsp3) is 1.00. The number of hydrogen-bond donors (Lipinski definition) is 1. The van der Waals surface area contributed by atoms with Crippen LogP contribution in [0.5, 0.6) is 0 Å². The van der Waals surface area contributed by atoms with Crippen molar-refractivity contribution in [2.45, 2.75) is 33.2 Å². The van der Waals surface area contributed by atoms with Crippen molar-refractivity contribution in [1.29, 1.82) is 0 Å². The first-order chi connectivity index (χ1) is 6.33. The Labute approximate surface area is 87.0 Å². The summed E-state index contributed by atoms with van der Waals surface area (Å²) < 4.78 is 22.7. The second kappa shape index (κ2) is 4.19. The monoisotopic (exact) mass is 219 g/mol. The van der Waals surface area contributed by atoms with Gasteiger partial charge in [0.15, 0.2) is 9.84 Å². The Balaban J connectivity index is 2.73. The van der Waals surface area contributed by atoms with Gasteiger partial charge in [0, 0.05) is 6.04 Å². The highest BCUT2D eigenvalue weighted by Crippen LogP contribution is 2.32. The van der Waals surface area contributed by atoms with Crippen molar-refractivity contribution in [1.82, 2.24) is 0 Å². The molecular weight excluding hydrogens is 198 g/mol. The van der Waals surface area contributed by atoms with Crippen LogP contribution in [0, 0.1) is 17.8 Å². The van der Waals surface area contributed by atoms with Crippen molar-refractivity contribution < 1.29 is 8.42 Å². The Hall–Kier alpha value is -0.0900. The Morgan fingerprint density at radius 2 is 1.86 bits per heavy atom. The van der Waals surface area contributed by atoms with Crippen LogP contribution in [0.1, 0.15) is 27.2 Å². The molecule has 1 heterocycles. The molecule has 1 saturated heterocycles. The van der Waals surface area contributed by atoms with Gasteiger partial charge in [0.1, 0.15) is 0 Å². The molecule has 2 N–H and O–H groups in total. The molecule has 0 bridgehead atoms. The standard InChI is InChI=1S/C10H21NO2S/c1-7(2)10(8(3)11)9-4-5-14(12,13)6-9/h7-10H,4-6,11H2,1-3H3. The first kappa shape index (κ1) is 12.0. The molecule has 0 spiro atoms. The SMILES string of the molecule is CC(C)C(C(C)N)C1CCS(=O)(=O)C1. The highest BCUT2D eigenvalue weighted by Gasteiger charge is 2.36. The lowest BCUT2D eigenvalue weighted by molar-refractivity contribution is 0.237.